The first kappa shape index (κ1) is 33.4. The zero-order valence-corrected chi connectivity index (χ0v) is 26.6. The Morgan fingerprint density at radius 1 is 1.11 bits per heavy atom. The second-order valence-electron chi connectivity index (χ2n) is 12.6. The van der Waals surface area contributed by atoms with Crippen molar-refractivity contribution < 1.29 is 47.1 Å². The maximum atomic E-state index is 14.2. The molecule has 0 aliphatic carbocycles. The van der Waals surface area contributed by atoms with Gasteiger partial charge in [0.15, 0.2) is 17.8 Å². The topological polar surface area (TPSA) is 153 Å². The summed E-state index contributed by atoms with van der Waals surface area (Å²) in [5, 5.41) is 23.8. The zero-order chi connectivity index (χ0) is 32.0. The number of aliphatic hydroxyl groups is 2. The van der Waals surface area contributed by atoms with Gasteiger partial charge in [-0.15, -0.1) is 0 Å². The number of nitrogens with zero attached hydrogens (tertiary/aromatic N) is 1. The van der Waals surface area contributed by atoms with Gasteiger partial charge in [0.05, 0.1) is 36.2 Å². The van der Waals surface area contributed by atoms with Crippen LogP contribution >= 0.6 is 0 Å². The number of amides is 1. The van der Waals surface area contributed by atoms with Crippen LogP contribution in [0, 0.1) is 11.3 Å². The summed E-state index contributed by atoms with van der Waals surface area (Å²) in [5.41, 5.74) is 0.368. The first-order valence-corrected chi connectivity index (χ1v) is 16.9. The Hall–Kier alpha value is -2.94. The van der Waals surface area contributed by atoms with Gasteiger partial charge in [0.2, 0.25) is 16.8 Å². The molecule has 12 nitrogen and oxygen atoms in total. The van der Waals surface area contributed by atoms with Crippen molar-refractivity contribution in [2.75, 3.05) is 39.7 Å². The van der Waals surface area contributed by atoms with E-state index in [-0.39, 0.29) is 56.6 Å². The molecule has 0 aromatic heterocycles. The predicted molar refractivity (Wildman–Crippen MR) is 163 cm³/mol. The van der Waals surface area contributed by atoms with Gasteiger partial charge in [-0.25, -0.2) is 13.2 Å². The number of rotatable bonds is 15. The molecule has 2 saturated heterocycles. The molecule has 248 valence electrons. The van der Waals surface area contributed by atoms with Gasteiger partial charge in [-0.1, -0.05) is 50.6 Å². The SMILES string of the molecule is CC(C)(CCCCO)CN(CC(O)[C@H](Cc1ccccc1)NC(=O)OC1COC2OCCC12)S(=O)(=O)c1ccc2c(c1)OCO2. The van der Waals surface area contributed by atoms with E-state index in [1.165, 1.54) is 16.4 Å². The van der Waals surface area contributed by atoms with E-state index in [4.69, 9.17) is 23.7 Å². The molecule has 5 rings (SSSR count). The quantitative estimate of drug-likeness (QED) is 0.246. The van der Waals surface area contributed by atoms with E-state index in [9.17, 15) is 23.4 Å². The number of carbonyl (C=O) groups excluding carboxylic acids is 1. The van der Waals surface area contributed by atoms with Gasteiger partial charge in [0.25, 0.3) is 0 Å². The Morgan fingerprint density at radius 3 is 2.67 bits per heavy atom. The van der Waals surface area contributed by atoms with Crippen molar-refractivity contribution in [2.24, 2.45) is 11.3 Å². The molecule has 2 aromatic rings. The van der Waals surface area contributed by atoms with Crippen molar-refractivity contribution in [2.45, 2.75) is 75.4 Å². The highest BCUT2D eigenvalue weighted by atomic mass is 32.2. The van der Waals surface area contributed by atoms with Crippen molar-refractivity contribution in [3.05, 3.63) is 54.1 Å². The Bertz CT molecular complexity index is 1390. The fourth-order valence-corrected chi connectivity index (χ4v) is 7.73. The van der Waals surface area contributed by atoms with E-state index < -0.39 is 39.8 Å². The minimum atomic E-state index is -4.13. The molecule has 1 amide bonds. The number of unbranched alkanes of at least 4 members (excludes halogenated alkanes) is 1. The van der Waals surface area contributed by atoms with E-state index in [1.807, 2.05) is 44.2 Å². The number of nitrogens with one attached hydrogen (secondary N) is 1. The van der Waals surface area contributed by atoms with Gasteiger partial charge in [-0.2, -0.15) is 4.31 Å². The van der Waals surface area contributed by atoms with E-state index >= 15 is 0 Å². The third kappa shape index (κ3) is 8.46. The number of ether oxygens (including phenoxy) is 5. The molecule has 3 aliphatic rings. The van der Waals surface area contributed by atoms with Crippen molar-refractivity contribution in [1.29, 1.82) is 0 Å². The maximum Gasteiger partial charge on any atom is 0.407 e. The fourth-order valence-electron chi connectivity index (χ4n) is 6.06. The van der Waals surface area contributed by atoms with Crippen LogP contribution in [0.3, 0.4) is 0 Å². The Labute approximate surface area is 264 Å². The van der Waals surface area contributed by atoms with E-state index in [0.717, 1.165) is 12.0 Å². The van der Waals surface area contributed by atoms with Crippen LogP contribution in [0.15, 0.2) is 53.4 Å². The lowest BCUT2D eigenvalue weighted by Gasteiger charge is -2.35. The smallest absolute Gasteiger partial charge is 0.407 e. The van der Waals surface area contributed by atoms with Crippen molar-refractivity contribution in [3.8, 4) is 11.5 Å². The van der Waals surface area contributed by atoms with Crippen LogP contribution in [0.1, 0.15) is 45.1 Å². The highest BCUT2D eigenvalue weighted by Gasteiger charge is 2.44. The van der Waals surface area contributed by atoms with E-state index in [1.54, 1.807) is 6.07 Å². The third-order valence-corrected chi connectivity index (χ3v) is 10.4. The number of hydrogen-bond donors (Lipinski definition) is 3. The molecule has 3 aliphatic heterocycles. The molecule has 4 unspecified atom stereocenters. The number of alkyl carbamates (subject to hydrolysis) is 1. The molecule has 0 saturated carbocycles. The molecule has 0 radical (unpaired) electrons. The minimum absolute atomic E-state index is 0.00347. The Balaban J connectivity index is 1.37. The summed E-state index contributed by atoms with van der Waals surface area (Å²) >= 11 is 0. The highest BCUT2D eigenvalue weighted by Crippen LogP contribution is 2.36. The second kappa shape index (κ2) is 14.7. The van der Waals surface area contributed by atoms with Crippen molar-refractivity contribution >= 4 is 16.1 Å². The maximum absolute atomic E-state index is 14.2. The molecular weight excluding hydrogens is 604 g/mol. The van der Waals surface area contributed by atoms with Gasteiger partial charge in [-0.3, -0.25) is 0 Å². The van der Waals surface area contributed by atoms with Crippen LogP contribution in [-0.2, 0) is 30.7 Å². The largest absolute Gasteiger partial charge is 0.454 e. The lowest BCUT2D eigenvalue weighted by Crippen LogP contribution is -2.52. The summed E-state index contributed by atoms with van der Waals surface area (Å²) in [4.78, 5) is 13.2. The van der Waals surface area contributed by atoms with Gasteiger partial charge in [0.1, 0.15) is 6.10 Å². The number of hydrogen-bond acceptors (Lipinski definition) is 10. The average Bonchev–Trinajstić information content (AvgIpc) is 3.75. The molecule has 5 atom stereocenters. The van der Waals surface area contributed by atoms with Gasteiger partial charge in [-0.05, 0) is 48.8 Å². The van der Waals surface area contributed by atoms with Crippen molar-refractivity contribution in [1.82, 2.24) is 9.62 Å². The van der Waals surface area contributed by atoms with Crippen LogP contribution < -0.4 is 14.8 Å². The van der Waals surface area contributed by atoms with Crippen molar-refractivity contribution in [3.63, 3.8) is 0 Å². The summed E-state index contributed by atoms with van der Waals surface area (Å²) in [5.74, 6) is 0.734. The predicted octanol–water partition coefficient (Wildman–Crippen LogP) is 3.05. The third-order valence-electron chi connectivity index (χ3n) is 8.55. The molecule has 3 N–H and O–H groups in total. The summed E-state index contributed by atoms with van der Waals surface area (Å²) in [6.45, 7) is 4.54. The van der Waals surface area contributed by atoms with Crippen LogP contribution in [0.4, 0.5) is 4.79 Å². The molecule has 2 aromatic carbocycles. The number of fused-ring (bicyclic) bond motifs is 2. The average molecular weight is 649 g/mol. The molecule has 13 heteroatoms. The first-order chi connectivity index (χ1) is 21.6. The number of carbonyl (C=O) groups is 1. The Morgan fingerprint density at radius 2 is 1.89 bits per heavy atom. The fraction of sp³-hybridized carbons (Fsp3) is 0.594. The Kier molecular flexibility index (Phi) is 10.9. The molecule has 3 heterocycles. The molecule has 2 fully saturated rings. The molecule has 0 bridgehead atoms. The lowest BCUT2D eigenvalue weighted by molar-refractivity contribution is -0.0907. The van der Waals surface area contributed by atoms with E-state index in [0.29, 0.717) is 37.4 Å². The number of aliphatic hydroxyl groups excluding tert-OH is 2. The van der Waals surface area contributed by atoms with E-state index in [2.05, 4.69) is 5.32 Å². The standard InChI is InChI=1S/C32H44N2O10S/c1-32(2,13-6-7-14-35)20-34(45(38,39)23-10-11-27-28(17-23)43-21-42-27)18-26(36)25(16-22-8-4-3-5-9-22)33-31(37)44-29-19-41-30-24(29)12-15-40-30/h3-5,8-11,17,24-26,29-30,35-36H,6-7,12-16,18-21H2,1-2H3,(H,33,37)/t24?,25-,26?,29?,30?/m0/s1. The zero-order valence-electron chi connectivity index (χ0n) is 25.8. The van der Waals surface area contributed by atoms with Crippen LogP contribution in [0.2, 0.25) is 0 Å². The van der Waals surface area contributed by atoms with Crippen LogP contribution in [-0.4, -0.2) is 93.3 Å². The van der Waals surface area contributed by atoms with Gasteiger partial charge in [0, 0.05) is 25.8 Å². The first-order valence-electron chi connectivity index (χ1n) is 15.5. The second-order valence-corrected chi connectivity index (χ2v) is 14.6. The highest BCUT2D eigenvalue weighted by molar-refractivity contribution is 7.89. The lowest BCUT2D eigenvalue weighted by atomic mass is 9.87. The van der Waals surface area contributed by atoms with Crippen LogP contribution in [0.25, 0.3) is 0 Å². The van der Waals surface area contributed by atoms with Gasteiger partial charge >= 0.3 is 6.09 Å². The summed E-state index contributed by atoms with van der Waals surface area (Å²) < 4.78 is 57.2. The minimum Gasteiger partial charge on any atom is -0.454 e. The summed E-state index contributed by atoms with van der Waals surface area (Å²) in [6.07, 6.45) is 0.0635. The molecular formula is C32H44N2O10S. The summed E-state index contributed by atoms with van der Waals surface area (Å²) in [6, 6.07) is 12.9. The number of benzene rings is 2. The monoisotopic (exact) mass is 648 g/mol. The molecule has 0 spiro atoms. The molecule has 45 heavy (non-hydrogen) atoms. The normalized spacial score (nSPS) is 22.3. The summed E-state index contributed by atoms with van der Waals surface area (Å²) in [7, 11) is -4.13. The van der Waals surface area contributed by atoms with Gasteiger partial charge < -0.3 is 39.2 Å². The van der Waals surface area contributed by atoms with Crippen LogP contribution in [0.5, 0.6) is 11.5 Å². The number of sulfonamides is 1.